The monoisotopic (exact) mass is 153 g/mol. The van der Waals surface area contributed by atoms with E-state index in [0.717, 1.165) is 18.8 Å². The molecule has 1 atom stereocenters. The molecular formula is C9H15NO. The van der Waals surface area contributed by atoms with Crippen molar-refractivity contribution in [3.05, 3.63) is 24.1 Å². The number of allylic oxidation sites excluding steroid dienone is 2. The average molecular weight is 153 g/mol. The Balaban J connectivity index is 2.55. The van der Waals surface area contributed by atoms with Crippen LogP contribution in [0.5, 0.6) is 0 Å². The van der Waals surface area contributed by atoms with Gasteiger partial charge in [-0.15, -0.1) is 0 Å². The molecule has 0 aromatic heterocycles. The summed E-state index contributed by atoms with van der Waals surface area (Å²) in [4.78, 5) is 0. The Morgan fingerprint density at radius 3 is 3.00 bits per heavy atom. The summed E-state index contributed by atoms with van der Waals surface area (Å²) in [7, 11) is 0. The van der Waals surface area contributed by atoms with Gasteiger partial charge in [0.05, 0.1) is 12.6 Å². The van der Waals surface area contributed by atoms with Crippen molar-refractivity contribution in [3.63, 3.8) is 0 Å². The first kappa shape index (κ1) is 8.18. The van der Waals surface area contributed by atoms with Gasteiger partial charge in [0.1, 0.15) is 5.76 Å². The average Bonchev–Trinajstić information content (AvgIpc) is 2.06. The highest BCUT2D eigenvalue weighted by atomic mass is 16.5. The van der Waals surface area contributed by atoms with Crippen LogP contribution in [0.15, 0.2) is 24.1 Å². The van der Waals surface area contributed by atoms with Crippen molar-refractivity contribution in [2.75, 3.05) is 6.61 Å². The van der Waals surface area contributed by atoms with Gasteiger partial charge in [-0.3, -0.25) is 0 Å². The molecule has 0 aromatic carbocycles. The molecule has 2 nitrogen and oxygen atoms in total. The summed E-state index contributed by atoms with van der Waals surface area (Å²) < 4.78 is 5.43. The number of hydrogen-bond donors (Lipinski definition) is 1. The lowest BCUT2D eigenvalue weighted by Crippen LogP contribution is -2.28. The number of dihydropyridines is 1. The van der Waals surface area contributed by atoms with Crippen LogP contribution >= 0.6 is 0 Å². The second-order valence-corrected chi connectivity index (χ2v) is 2.49. The zero-order valence-electron chi connectivity index (χ0n) is 7.13. The first-order valence-corrected chi connectivity index (χ1v) is 4.14. The Kier molecular flexibility index (Phi) is 3.02. The maximum absolute atomic E-state index is 5.43. The summed E-state index contributed by atoms with van der Waals surface area (Å²) in [5, 5.41) is 3.23. The second-order valence-electron chi connectivity index (χ2n) is 2.49. The molecular weight excluding hydrogens is 138 g/mol. The van der Waals surface area contributed by atoms with E-state index < -0.39 is 0 Å². The Labute approximate surface area is 67.9 Å². The van der Waals surface area contributed by atoms with Gasteiger partial charge in [0.2, 0.25) is 0 Å². The number of rotatable bonds is 3. The third-order valence-corrected chi connectivity index (χ3v) is 1.72. The summed E-state index contributed by atoms with van der Waals surface area (Å²) in [5.74, 6) is 1.05. The van der Waals surface area contributed by atoms with E-state index in [1.807, 2.05) is 25.3 Å². The van der Waals surface area contributed by atoms with Gasteiger partial charge in [0.25, 0.3) is 0 Å². The van der Waals surface area contributed by atoms with Gasteiger partial charge in [0, 0.05) is 0 Å². The minimum Gasteiger partial charge on any atom is -0.496 e. The topological polar surface area (TPSA) is 21.3 Å². The molecule has 0 amide bonds. The van der Waals surface area contributed by atoms with Crippen molar-refractivity contribution in [2.45, 2.75) is 26.3 Å². The molecule has 1 N–H and O–H groups in total. The Hall–Kier alpha value is -0.920. The molecule has 1 aliphatic heterocycles. The smallest absolute Gasteiger partial charge is 0.118 e. The maximum Gasteiger partial charge on any atom is 0.118 e. The van der Waals surface area contributed by atoms with Crippen molar-refractivity contribution in [2.24, 2.45) is 0 Å². The van der Waals surface area contributed by atoms with Crippen molar-refractivity contribution >= 4 is 0 Å². The van der Waals surface area contributed by atoms with Crippen LogP contribution in [0.25, 0.3) is 0 Å². The zero-order valence-corrected chi connectivity index (χ0v) is 7.13. The summed E-state index contributed by atoms with van der Waals surface area (Å²) in [5.41, 5.74) is 0. The van der Waals surface area contributed by atoms with Crippen molar-refractivity contribution in [3.8, 4) is 0 Å². The fraction of sp³-hybridized carbons (Fsp3) is 0.556. The van der Waals surface area contributed by atoms with Crippen LogP contribution < -0.4 is 5.32 Å². The van der Waals surface area contributed by atoms with Gasteiger partial charge in [-0.2, -0.15) is 0 Å². The van der Waals surface area contributed by atoms with Gasteiger partial charge in [-0.05, 0) is 31.7 Å². The Morgan fingerprint density at radius 1 is 1.55 bits per heavy atom. The molecule has 2 heteroatoms. The number of nitrogens with one attached hydrogen (secondary N) is 1. The molecule has 1 rings (SSSR count). The summed E-state index contributed by atoms with van der Waals surface area (Å²) >= 11 is 0. The zero-order chi connectivity index (χ0) is 8.10. The molecule has 0 aliphatic carbocycles. The second kappa shape index (κ2) is 4.06. The minimum absolute atomic E-state index is 0.375. The van der Waals surface area contributed by atoms with Gasteiger partial charge in [0.15, 0.2) is 0 Å². The highest BCUT2D eigenvalue weighted by Crippen LogP contribution is 2.11. The van der Waals surface area contributed by atoms with Crippen LogP contribution in [0.3, 0.4) is 0 Å². The third kappa shape index (κ3) is 2.00. The highest BCUT2D eigenvalue weighted by Gasteiger charge is 2.12. The van der Waals surface area contributed by atoms with E-state index in [4.69, 9.17) is 4.74 Å². The van der Waals surface area contributed by atoms with E-state index in [2.05, 4.69) is 12.2 Å². The van der Waals surface area contributed by atoms with Gasteiger partial charge < -0.3 is 10.1 Å². The fourth-order valence-electron chi connectivity index (χ4n) is 1.15. The fourth-order valence-corrected chi connectivity index (χ4v) is 1.15. The maximum atomic E-state index is 5.43. The molecule has 0 saturated carbocycles. The van der Waals surface area contributed by atoms with Crippen LogP contribution in [0.2, 0.25) is 0 Å². The van der Waals surface area contributed by atoms with Crippen molar-refractivity contribution in [1.82, 2.24) is 5.32 Å². The lowest BCUT2D eigenvalue weighted by molar-refractivity contribution is 0.200. The molecule has 0 fully saturated rings. The quantitative estimate of drug-likeness (QED) is 0.667. The molecule has 11 heavy (non-hydrogen) atoms. The summed E-state index contributed by atoms with van der Waals surface area (Å²) in [6.07, 6.45) is 7.01. The van der Waals surface area contributed by atoms with Crippen LogP contribution in [0, 0.1) is 0 Å². The summed E-state index contributed by atoms with van der Waals surface area (Å²) in [6, 6.07) is 0.375. The molecule has 1 heterocycles. The minimum atomic E-state index is 0.375. The van der Waals surface area contributed by atoms with E-state index in [-0.39, 0.29) is 0 Å². The van der Waals surface area contributed by atoms with Gasteiger partial charge in [-0.1, -0.05) is 6.92 Å². The lowest BCUT2D eigenvalue weighted by atomic mass is 10.1. The lowest BCUT2D eigenvalue weighted by Gasteiger charge is -2.21. The van der Waals surface area contributed by atoms with E-state index in [1.165, 1.54) is 0 Å². The standard InChI is InChI=1S/C9H15NO/c1-3-8-9(11-4-2)6-5-7-10-8/h5-8,10H,3-4H2,1-2H3. The predicted molar refractivity (Wildman–Crippen MR) is 46.1 cm³/mol. The molecule has 0 aromatic rings. The van der Waals surface area contributed by atoms with Crippen molar-refractivity contribution in [1.29, 1.82) is 0 Å². The summed E-state index contributed by atoms with van der Waals surface area (Å²) in [6.45, 7) is 4.90. The first-order valence-electron chi connectivity index (χ1n) is 4.14. The van der Waals surface area contributed by atoms with Crippen molar-refractivity contribution < 1.29 is 4.74 Å². The molecule has 1 aliphatic rings. The molecule has 0 bridgehead atoms. The first-order chi connectivity index (χ1) is 5.38. The molecule has 0 spiro atoms. The van der Waals surface area contributed by atoms with Crippen LogP contribution in [0.1, 0.15) is 20.3 Å². The molecule has 0 radical (unpaired) electrons. The van der Waals surface area contributed by atoms with E-state index in [9.17, 15) is 0 Å². The normalized spacial score (nSPS) is 22.4. The van der Waals surface area contributed by atoms with Crippen LogP contribution in [-0.4, -0.2) is 12.6 Å². The SMILES string of the molecule is CCOC1=CC=CNC1CC. The van der Waals surface area contributed by atoms with Gasteiger partial charge in [-0.25, -0.2) is 0 Å². The molecule has 62 valence electrons. The largest absolute Gasteiger partial charge is 0.496 e. The Morgan fingerprint density at radius 2 is 2.36 bits per heavy atom. The Bertz CT molecular complexity index is 172. The van der Waals surface area contributed by atoms with E-state index in [1.54, 1.807) is 0 Å². The number of ether oxygens (including phenoxy) is 1. The molecule has 0 saturated heterocycles. The predicted octanol–water partition coefficient (Wildman–Crippen LogP) is 1.80. The van der Waals surface area contributed by atoms with Crippen LogP contribution in [-0.2, 0) is 4.74 Å². The molecule has 1 unspecified atom stereocenters. The highest BCUT2D eigenvalue weighted by molar-refractivity contribution is 5.17. The number of hydrogen-bond acceptors (Lipinski definition) is 2. The third-order valence-electron chi connectivity index (χ3n) is 1.72. The van der Waals surface area contributed by atoms with Gasteiger partial charge >= 0.3 is 0 Å². The van der Waals surface area contributed by atoms with Crippen LogP contribution in [0.4, 0.5) is 0 Å². The van der Waals surface area contributed by atoms with E-state index >= 15 is 0 Å². The van der Waals surface area contributed by atoms with E-state index in [0.29, 0.717) is 6.04 Å².